The number of hydrogen-bond donors (Lipinski definition) is 0. The molecule has 0 N–H and O–H groups in total. The fraction of sp³-hybridized carbons (Fsp3) is 0.750. The van der Waals surface area contributed by atoms with Gasteiger partial charge in [-0.15, -0.1) is 11.3 Å². The topological polar surface area (TPSA) is 6.48 Å². The van der Waals surface area contributed by atoms with Crippen molar-refractivity contribution < 1.29 is 0 Å². The summed E-state index contributed by atoms with van der Waals surface area (Å²) in [7, 11) is 0. The number of hydrogen-bond acceptors (Lipinski definition) is 3. The van der Waals surface area contributed by atoms with E-state index in [0.717, 1.165) is 6.04 Å². The highest BCUT2D eigenvalue weighted by molar-refractivity contribution is 7.10. The number of piperidine rings is 1. The van der Waals surface area contributed by atoms with E-state index in [9.17, 15) is 0 Å². The Labute approximate surface area is 121 Å². The predicted molar refractivity (Wildman–Crippen MR) is 82.8 cm³/mol. The van der Waals surface area contributed by atoms with Crippen LogP contribution in [0.2, 0.25) is 0 Å². The van der Waals surface area contributed by atoms with E-state index in [1.807, 2.05) is 11.3 Å². The van der Waals surface area contributed by atoms with Gasteiger partial charge in [0.05, 0.1) is 0 Å². The first kappa shape index (κ1) is 13.6. The summed E-state index contributed by atoms with van der Waals surface area (Å²) < 4.78 is 0. The number of thiophene rings is 1. The number of rotatable bonds is 3. The highest BCUT2D eigenvalue weighted by Crippen LogP contribution is 2.31. The molecule has 19 heavy (non-hydrogen) atoms. The van der Waals surface area contributed by atoms with Crippen LogP contribution >= 0.6 is 11.3 Å². The zero-order valence-corrected chi connectivity index (χ0v) is 12.9. The molecule has 2 aliphatic heterocycles. The number of fused-ring (bicyclic) bond motifs is 1. The summed E-state index contributed by atoms with van der Waals surface area (Å²) in [5, 5.41) is 2.22. The van der Waals surface area contributed by atoms with Gasteiger partial charge >= 0.3 is 0 Å². The lowest BCUT2D eigenvalue weighted by molar-refractivity contribution is 0.118. The van der Waals surface area contributed by atoms with Crippen LogP contribution in [0, 0.1) is 0 Å². The van der Waals surface area contributed by atoms with E-state index < -0.39 is 0 Å². The van der Waals surface area contributed by atoms with Gasteiger partial charge in [0.25, 0.3) is 0 Å². The van der Waals surface area contributed by atoms with Crippen LogP contribution in [0.1, 0.15) is 49.9 Å². The van der Waals surface area contributed by atoms with Gasteiger partial charge in [-0.25, -0.2) is 0 Å². The van der Waals surface area contributed by atoms with E-state index in [-0.39, 0.29) is 0 Å². The Balaban J connectivity index is 1.72. The smallest absolute Gasteiger partial charge is 0.0439 e. The average Bonchev–Trinajstić information content (AvgIpc) is 2.87. The minimum Gasteiger partial charge on any atom is -0.299 e. The Morgan fingerprint density at radius 1 is 1.26 bits per heavy atom. The van der Waals surface area contributed by atoms with E-state index in [1.165, 1.54) is 58.3 Å². The standard InChI is InChI=1S/C16H26N2S/c1-2-15(16-8-5-12-19-16)18-11-6-10-17-9-4-3-7-14(17)13-18/h5,8,12,14-15H,2-4,6-7,9-11,13H2,1H3. The summed E-state index contributed by atoms with van der Waals surface area (Å²) in [4.78, 5) is 7.08. The summed E-state index contributed by atoms with van der Waals surface area (Å²) in [6, 6.07) is 6.00. The van der Waals surface area contributed by atoms with Crippen LogP contribution in [0.3, 0.4) is 0 Å². The van der Waals surface area contributed by atoms with Gasteiger partial charge in [0.15, 0.2) is 0 Å². The normalized spacial score (nSPS) is 27.7. The zero-order chi connectivity index (χ0) is 13.1. The second kappa shape index (κ2) is 6.38. The van der Waals surface area contributed by atoms with Crippen molar-refractivity contribution in [3.8, 4) is 0 Å². The van der Waals surface area contributed by atoms with E-state index in [2.05, 4.69) is 34.2 Å². The molecule has 106 valence electrons. The van der Waals surface area contributed by atoms with Gasteiger partial charge in [0.2, 0.25) is 0 Å². The van der Waals surface area contributed by atoms with E-state index in [4.69, 9.17) is 0 Å². The maximum Gasteiger partial charge on any atom is 0.0439 e. The highest BCUT2D eigenvalue weighted by Gasteiger charge is 2.30. The Bertz CT molecular complexity index is 376. The quantitative estimate of drug-likeness (QED) is 0.830. The van der Waals surface area contributed by atoms with Gasteiger partial charge in [0, 0.05) is 30.1 Å². The van der Waals surface area contributed by atoms with Crippen LogP contribution in [-0.2, 0) is 0 Å². The second-order valence-corrected chi connectivity index (χ2v) is 6.95. The predicted octanol–water partition coefficient (Wildman–Crippen LogP) is 3.76. The largest absolute Gasteiger partial charge is 0.299 e. The minimum absolute atomic E-state index is 0.655. The summed E-state index contributed by atoms with van der Waals surface area (Å²) in [5.41, 5.74) is 0. The first-order valence-corrected chi connectivity index (χ1v) is 8.78. The van der Waals surface area contributed by atoms with Crippen molar-refractivity contribution in [1.29, 1.82) is 0 Å². The fourth-order valence-electron chi connectivity index (χ4n) is 3.80. The molecule has 3 heteroatoms. The molecule has 2 saturated heterocycles. The van der Waals surface area contributed by atoms with Crippen molar-refractivity contribution in [2.24, 2.45) is 0 Å². The minimum atomic E-state index is 0.655. The molecule has 0 radical (unpaired) electrons. The van der Waals surface area contributed by atoms with Crippen molar-refractivity contribution in [1.82, 2.24) is 9.80 Å². The molecular weight excluding hydrogens is 252 g/mol. The first-order valence-electron chi connectivity index (χ1n) is 7.90. The van der Waals surface area contributed by atoms with Crippen LogP contribution in [0.25, 0.3) is 0 Å². The molecule has 0 aromatic carbocycles. The molecule has 3 heterocycles. The molecule has 1 aromatic rings. The van der Waals surface area contributed by atoms with Crippen LogP contribution < -0.4 is 0 Å². The van der Waals surface area contributed by atoms with E-state index in [0.29, 0.717) is 6.04 Å². The molecule has 1 aromatic heterocycles. The van der Waals surface area contributed by atoms with Gasteiger partial charge < -0.3 is 0 Å². The molecule has 0 spiro atoms. The summed E-state index contributed by atoms with van der Waals surface area (Å²) in [6.45, 7) is 7.57. The van der Waals surface area contributed by atoms with Gasteiger partial charge in [0.1, 0.15) is 0 Å². The molecule has 2 aliphatic rings. The Morgan fingerprint density at radius 2 is 2.16 bits per heavy atom. The molecule has 2 nitrogen and oxygen atoms in total. The second-order valence-electron chi connectivity index (χ2n) is 5.97. The monoisotopic (exact) mass is 278 g/mol. The molecule has 2 unspecified atom stereocenters. The van der Waals surface area contributed by atoms with Crippen LogP contribution in [0.5, 0.6) is 0 Å². The molecule has 0 bridgehead atoms. The maximum atomic E-state index is 2.77. The molecule has 3 rings (SSSR count). The molecule has 0 aliphatic carbocycles. The SMILES string of the molecule is CCC(c1cccs1)N1CCCN2CCCCC2C1. The Hall–Kier alpha value is -0.380. The van der Waals surface area contributed by atoms with Gasteiger partial charge in [-0.05, 0) is 50.2 Å². The van der Waals surface area contributed by atoms with Crippen molar-refractivity contribution in [2.45, 2.75) is 51.1 Å². The molecule has 2 atom stereocenters. The third-order valence-corrected chi connectivity index (χ3v) is 5.76. The fourth-order valence-corrected chi connectivity index (χ4v) is 4.75. The summed E-state index contributed by atoms with van der Waals surface area (Å²) in [5.74, 6) is 0. The van der Waals surface area contributed by atoms with Crippen LogP contribution in [-0.4, -0.2) is 42.0 Å². The lowest BCUT2D eigenvalue weighted by Crippen LogP contribution is -2.44. The molecular formula is C16H26N2S. The lowest BCUT2D eigenvalue weighted by Gasteiger charge is -2.37. The molecule has 2 fully saturated rings. The maximum absolute atomic E-state index is 2.77. The first-order chi connectivity index (χ1) is 9.38. The van der Waals surface area contributed by atoms with Gasteiger partial charge in [-0.1, -0.05) is 19.4 Å². The summed E-state index contributed by atoms with van der Waals surface area (Å²) in [6.07, 6.45) is 6.85. The Morgan fingerprint density at radius 3 is 2.95 bits per heavy atom. The average molecular weight is 278 g/mol. The van der Waals surface area contributed by atoms with Crippen molar-refractivity contribution in [2.75, 3.05) is 26.2 Å². The lowest BCUT2D eigenvalue weighted by atomic mass is 10.0. The molecule has 0 amide bonds. The van der Waals surface area contributed by atoms with Crippen molar-refractivity contribution in [3.63, 3.8) is 0 Å². The summed E-state index contributed by atoms with van der Waals surface area (Å²) >= 11 is 1.93. The van der Waals surface area contributed by atoms with E-state index in [1.54, 1.807) is 4.88 Å². The number of nitrogens with zero attached hydrogens (tertiary/aromatic N) is 2. The third kappa shape index (κ3) is 3.04. The van der Waals surface area contributed by atoms with Gasteiger partial charge in [-0.2, -0.15) is 0 Å². The highest BCUT2D eigenvalue weighted by atomic mass is 32.1. The van der Waals surface area contributed by atoms with Crippen LogP contribution in [0.15, 0.2) is 17.5 Å². The Kier molecular flexibility index (Phi) is 4.57. The van der Waals surface area contributed by atoms with E-state index >= 15 is 0 Å². The zero-order valence-electron chi connectivity index (χ0n) is 12.1. The van der Waals surface area contributed by atoms with Gasteiger partial charge in [-0.3, -0.25) is 9.80 Å². The van der Waals surface area contributed by atoms with Crippen molar-refractivity contribution in [3.05, 3.63) is 22.4 Å². The molecule has 0 saturated carbocycles. The third-order valence-electron chi connectivity index (χ3n) is 4.78. The van der Waals surface area contributed by atoms with Crippen molar-refractivity contribution >= 4 is 11.3 Å². The van der Waals surface area contributed by atoms with Crippen LogP contribution in [0.4, 0.5) is 0 Å².